The molecular weight excluding hydrogens is 791 g/mol. The van der Waals surface area contributed by atoms with Crippen LogP contribution < -0.4 is 5.32 Å². The Morgan fingerprint density at radius 2 is 0.781 bits per heavy atom. The lowest BCUT2D eigenvalue weighted by Crippen LogP contribution is -2.45. The second-order valence-electron chi connectivity index (χ2n) is 18.9. The number of hydrogen-bond donors (Lipinski definition) is 3. The van der Waals surface area contributed by atoms with Gasteiger partial charge in [0.1, 0.15) is 0 Å². The number of carbonyl (C=O) groups excluding carboxylic acids is 2. The van der Waals surface area contributed by atoms with Crippen LogP contribution in [0, 0.1) is 0 Å². The number of aliphatic hydroxyl groups excluding tert-OH is 2. The van der Waals surface area contributed by atoms with Gasteiger partial charge in [0.15, 0.2) is 0 Å². The molecule has 0 aromatic heterocycles. The first kappa shape index (κ1) is 61.8. The Hall–Kier alpha value is -2.18. The van der Waals surface area contributed by atoms with Gasteiger partial charge < -0.3 is 20.3 Å². The number of ether oxygens (including phenoxy) is 1. The molecule has 6 heteroatoms. The van der Waals surface area contributed by atoms with Gasteiger partial charge in [0.05, 0.1) is 25.4 Å². The van der Waals surface area contributed by atoms with E-state index in [0.29, 0.717) is 19.4 Å². The summed E-state index contributed by atoms with van der Waals surface area (Å²) in [6.07, 6.45) is 66.9. The highest BCUT2D eigenvalue weighted by Gasteiger charge is 2.18. The van der Waals surface area contributed by atoms with E-state index in [1.54, 1.807) is 6.08 Å². The van der Waals surface area contributed by atoms with Crippen molar-refractivity contribution in [1.82, 2.24) is 5.32 Å². The number of esters is 1. The minimum absolute atomic E-state index is 0.0249. The molecule has 0 aliphatic heterocycles. The number of unbranched alkanes of at least 4 members (excludes halogenated alkanes) is 35. The molecule has 374 valence electrons. The third-order valence-electron chi connectivity index (χ3n) is 12.6. The average Bonchev–Trinajstić information content (AvgIpc) is 3.29. The molecule has 0 spiro atoms. The summed E-state index contributed by atoms with van der Waals surface area (Å²) >= 11 is 0. The fourth-order valence-electron chi connectivity index (χ4n) is 8.26. The van der Waals surface area contributed by atoms with E-state index in [-0.39, 0.29) is 18.5 Å². The maximum atomic E-state index is 12.4. The van der Waals surface area contributed by atoms with Gasteiger partial charge in [-0.3, -0.25) is 9.59 Å². The van der Waals surface area contributed by atoms with E-state index < -0.39 is 12.1 Å². The SMILES string of the molecule is CCCCC/C=C\CCCCCCCC(=O)OCCCCC/C=C\C=C/CCCCCCCCCCCCC(=O)NC(CO)C(O)/C=C/CCCCCCCCCCCCCCCC. The molecule has 1 amide bonds. The van der Waals surface area contributed by atoms with Gasteiger partial charge in [0.25, 0.3) is 0 Å². The van der Waals surface area contributed by atoms with Crippen molar-refractivity contribution in [2.45, 2.75) is 296 Å². The molecule has 2 unspecified atom stereocenters. The highest BCUT2D eigenvalue weighted by molar-refractivity contribution is 5.76. The zero-order valence-corrected chi connectivity index (χ0v) is 42.5. The number of carbonyl (C=O) groups is 2. The van der Waals surface area contributed by atoms with E-state index >= 15 is 0 Å². The molecule has 0 aliphatic rings. The molecule has 0 rings (SSSR count). The van der Waals surface area contributed by atoms with Crippen LogP contribution in [0.1, 0.15) is 284 Å². The normalized spacial score (nSPS) is 13.0. The molecule has 0 heterocycles. The highest BCUT2D eigenvalue weighted by Crippen LogP contribution is 2.16. The van der Waals surface area contributed by atoms with Gasteiger partial charge in [-0.15, -0.1) is 0 Å². The van der Waals surface area contributed by atoms with Gasteiger partial charge in [0.2, 0.25) is 5.91 Å². The predicted molar refractivity (Wildman–Crippen MR) is 278 cm³/mol. The summed E-state index contributed by atoms with van der Waals surface area (Å²) in [5.41, 5.74) is 0. The molecule has 0 bridgehead atoms. The summed E-state index contributed by atoms with van der Waals surface area (Å²) < 4.78 is 5.43. The summed E-state index contributed by atoms with van der Waals surface area (Å²) in [5, 5.41) is 23.1. The first-order valence-corrected chi connectivity index (χ1v) is 27.9. The van der Waals surface area contributed by atoms with Crippen LogP contribution in [-0.2, 0) is 14.3 Å². The maximum absolute atomic E-state index is 12.4. The Bertz CT molecular complexity index is 1080. The van der Waals surface area contributed by atoms with Gasteiger partial charge in [-0.2, -0.15) is 0 Å². The first-order chi connectivity index (χ1) is 31.5. The Balaban J connectivity index is 3.53. The van der Waals surface area contributed by atoms with E-state index in [1.807, 2.05) is 6.08 Å². The second kappa shape index (κ2) is 53.4. The predicted octanol–water partition coefficient (Wildman–Crippen LogP) is 17.0. The minimum Gasteiger partial charge on any atom is -0.466 e. The molecule has 0 saturated carbocycles. The van der Waals surface area contributed by atoms with Gasteiger partial charge in [-0.25, -0.2) is 0 Å². The standard InChI is InChI=1S/C58H107NO5/c1-3-5-7-9-11-13-15-17-18-24-27-30-34-38-42-46-50-56(61)55(54-60)59-57(62)51-47-43-39-35-31-28-25-22-20-19-21-23-26-29-33-37-41-45-49-53-64-58(63)52-48-44-40-36-32-16-14-12-10-8-6-4-2/h12,14,23,26,29,33,46,50,55-56,60-61H,3-11,13,15-22,24-25,27-28,30-32,34-45,47-49,51-54H2,1-2H3,(H,59,62)/b14-12-,26-23-,33-29-,50-46+. The summed E-state index contributed by atoms with van der Waals surface area (Å²) in [4.78, 5) is 24.4. The topological polar surface area (TPSA) is 95.9 Å². The molecule has 2 atom stereocenters. The fourth-order valence-corrected chi connectivity index (χ4v) is 8.26. The summed E-state index contributed by atoms with van der Waals surface area (Å²) in [5.74, 6) is -0.103. The molecule has 6 nitrogen and oxygen atoms in total. The van der Waals surface area contributed by atoms with Crippen molar-refractivity contribution >= 4 is 11.9 Å². The van der Waals surface area contributed by atoms with Crippen LogP contribution in [-0.4, -0.2) is 47.4 Å². The van der Waals surface area contributed by atoms with Crippen LogP contribution in [0.4, 0.5) is 0 Å². The van der Waals surface area contributed by atoms with Crippen molar-refractivity contribution < 1.29 is 24.5 Å². The van der Waals surface area contributed by atoms with Crippen molar-refractivity contribution in [3.8, 4) is 0 Å². The zero-order valence-electron chi connectivity index (χ0n) is 42.5. The monoisotopic (exact) mass is 898 g/mol. The Morgan fingerprint density at radius 3 is 1.23 bits per heavy atom. The molecule has 0 aromatic carbocycles. The molecule has 3 N–H and O–H groups in total. The van der Waals surface area contributed by atoms with Crippen LogP contribution >= 0.6 is 0 Å². The van der Waals surface area contributed by atoms with Gasteiger partial charge >= 0.3 is 5.97 Å². The van der Waals surface area contributed by atoms with Crippen LogP contribution in [0.15, 0.2) is 48.6 Å². The van der Waals surface area contributed by atoms with Gasteiger partial charge in [0, 0.05) is 12.8 Å². The number of amides is 1. The van der Waals surface area contributed by atoms with Gasteiger partial charge in [-0.05, 0) is 89.9 Å². The molecule has 64 heavy (non-hydrogen) atoms. The van der Waals surface area contributed by atoms with E-state index in [4.69, 9.17) is 4.74 Å². The molecule has 0 aliphatic carbocycles. The lowest BCUT2D eigenvalue weighted by molar-refractivity contribution is -0.143. The van der Waals surface area contributed by atoms with Crippen LogP contribution in [0.5, 0.6) is 0 Å². The Labute approximate surface area is 397 Å². The number of hydrogen-bond acceptors (Lipinski definition) is 5. The summed E-state index contributed by atoms with van der Waals surface area (Å²) in [7, 11) is 0. The third-order valence-corrected chi connectivity index (χ3v) is 12.6. The van der Waals surface area contributed by atoms with Crippen molar-refractivity contribution in [3.63, 3.8) is 0 Å². The Morgan fingerprint density at radius 1 is 0.438 bits per heavy atom. The smallest absolute Gasteiger partial charge is 0.305 e. The maximum Gasteiger partial charge on any atom is 0.305 e. The van der Waals surface area contributed by atoms with Gasteiger partial charge in [-0.1, -0.05) is 229 Å². The zero-order chi connectivity index (χ0) is 46.5. The number of allylic oxidation sites excluding steroid dienone is 7. The molecular formula is C58H107NO5. The van der Waals surface area contributed by atoms with Crippen molar-refractivity contribution in [2.24, 2.45) is 0 Å². The van der Waals surface area contributed by atoms with Crippen molar-refractivity contribution in [1.29, 1.82) is 0 Å². The highest BCUT2D eigenvalue weighted by atomic mass is 16.5. The number of nitrogens with one attached hydrogen (secondary N) is 1. The molecule has 0 fully saturated rings. The molecule has 0 radical (unpaired) electrons. The van der Waals surface area contributed by atoms with Crippen LogP contribution in [0.25, 0.3) is 0 Å². The van der Waals surface area contributed by atoms with Crippen LogP contribution in [0.3, 0.4) is 0 Å². The molecule has 0 saturated heterocycles. The lowest BCUT2D eigenvalue weighted by Gasteiger charge is -2.20. The summed E-state index contributed by atoms with van der Waals surface area (Å²) in [6.45, 7) is 4.83. The Kier molecular flexibility index (Phi) is 51.6. The van der Waals surface area contributed by atoms with E-state index in [2.05, 4.69) is 55.6 Å². The van der Waals surface area contributed by atoms with E-state index in [1.165, 1.54) is 180 Å². The van der Waals surface area contributed by atoms with E-state index in [9.17, 15) is 19.8 Å². The van der Waals surface area contributed by atoms with Crippen LogP contribution in [0.2, 0.25) is 0 Å². The van der Waals surface area contributed by atoms with E-state index in [0.717, 1.165) is 77.0 Å². The lowest BCUT2D eigenvalue weighted by atomic mass is 10.0. The van der Waals surface area contributed by atoms with Crippen molar-refractivity contribution in [3.05, 3.63) is 48.6 Å². The fraction of sp³-hybridized carbons (Fsp3) is 0.828. The second-order valence-corrected chi connectivity index (χ2v) is 18.9. The minimum atomic E-state index is -0.852. The van der Waals surface area contributed by atoms with Crippen molar-refractivity contribution in [2.75, 3.05) is 13.2 Å². The third kappa shape index (κ3) is 49.3. The summed E-state index contributed by atoms with van der Waals surface area (Å²) in [6, 6.07) is -0.636. The molecule has 0 aromatic rings. The first-order valence-electron chi connectivity index (χ1n) is 27.9. The average molecular weight is 898 g/mol. The quantitative estimate of drug-likeness (QED) is 0.0245. The number of rotatable bonds is 51. The largest absolute Gasteiger partial charge is 0.466 e. The number of aliphatic hydroxyl groups is 2.